The fourth-order valence-electron chi connectivity index (χ4n) is 2.43. The quantitative estimate of drug-likeness (QED) is 0.900. The molecule has 7 heteroatoms. The van der Waals surface area contributed by atoms with E-state index in [4.69, 9.17) is 4.74 Å². The molecule has 0 bridgehead atoms. The van der Waals surface area contributed by atoms with Crippen molar-refractivity contribution in [1.29, 1.82) is 0 Å². The third kappa shape index (κ3) is 3.09. The van der Waals surface area contributed by atoms with E-state index in [9.17, 15) is 9.18 Å². The first-order valence-corrected chi connectivity index (χ1v) is 7.52. The predicted molar refractivity (Wildman–Crippen MR) is 87.9 cm³/mol. The highest BCUT2D eigenvalue weighted by Crippen LogP contribution is 2.28. The number of ether oxygens (including phenoxy) is 1. The van der Waals surface area contributed by atoms with E-state index in [1.807, 2.05) is 6.07 Å². The summed E-state index contributed by atoms with van der Waals surface area (Å²) in [5.74, 6) is -0.187. The van der Waals surface area contributed by atoms with E-state index in [1.165, 1.54) is 18.4 Å². The van der Waals surface area contributed by atoms with Gasteiger partial charge in [0.15, 0.2) is 0 Å². The molecule has 1 amide bonds. The minimum absolute atomic E-state index is 0. The summed E-state index contributed by atoms with van der Waals surface area (Å²) in [6.07, 6.45) is 0.632. The third-order valence-electron chi connectivity index (χ3n) is 3.51. The van der Waals surface area contributed by atoms with Gasteiger partial charge in [-0.15, -0.1) is 23.7 Å². The molecule has 2 N–H and O–H groups in total. The van der Waals surface area contributed by atoms with Crippen molar-refractivity contribution in [2.45, 2.75) is 13.0 Å². The van der Waals surface area contributed by atoms with Crippen molar-refractivity contribution in [2.24, 2.45) is 0 Å². The molecule has 3 rings (SSSR count). The number of hydrogen-bond donors (Lipinski definition) is 2. The van der Waals surface area contributed by atoms with E-state index in [0.29, 0.717) is 29.2 Å². The van der Waals surface area contributed by atoms with Gasteiger partial charge in [0.05, 0.1) is 12.8 Å². The summed E-state index contributed by atoms with van der Waals surface area (Å²) >= 11 is 1.27. The zero-order chi connectivity index (χ0) is 14.8. The average molecular weight is 343 g/mol. The van der Waals surface area contributed by atoms with Gasteiger partial charge in [-0.25, -0.2) is 4.39 Å². The highest BCUT2D eigenvalue weighted by molar-refractivity contribution is 7.12. The van der Waals surface area contributed by atoms with Crippen LogP contribution in [0.4, 0.5) is 10.1 Å². The first-order valence-electron chi connectivity index (χ1n) is 6.64. The van der Waals surface area contributed by atoms with Gasteiger partial charge in [-0.3, -0.25) is 4.79 Å². The monoisotopic (exact) mass is 342 g/mol. The Morgan fingerprint density at radius 3 is 3.00 bits per heavy atom. The molecule has 0 spiro atoms. The highest BCUT2D eigenvalue weighted by Gasteiger charge is 2.19. The first kappa shape index (κ1) is 16.7. The minimum Gasteiger partial charge on any atom is -0.495 e. The molecule has 0 atom stereocenters. The molecule has 0 saturated heterocycles. The number of fused-ring (bicyclic) bond motifs is 1. The molecule has 2 aromatic rings. The van der Waals surface area contributed by atoms with E-state index >= 15 is 0 Å². The second-order valence-corrected chi connectivity index (χ2v) is 5.68. The van der Waals surface area contributed by atoms with E-state index < -0.39 is 0 Å². The summed E-state index contributed by atoms with van der Waals surface area (Å²) in [6, 6.07) is 5.18. The molecular weight excluding hydrogens is 327 g/mol. The van der Waals surface area contributed by atoms with Crippen LogP contribution in [0.2, 0.25) is 0 Å². The molecule has 1 aromatic heterocycles. The zero-order valence-corrected chi connectivity index (χ0v) is 13.6. The molecule has 4 nitrogen and oxygen atoms in total. The van der Waals surface area contributed by atoms with Crippen molar-refractivity contribution in [1.82, 2.24) is 5.32 Å². The van der Waals surface area contributed by atoms with Gasteiger partial charge in [0.25, 0.3) is 5.91 Å². The van der Waals surface area contributed by atoms with E-state index in [1.54, 1.807) is 17.5 Å². The summed E-state index contributed by atoms with van der Waals surface area (Å²) < 4.78 is 19.6. The number of nitrogens with one attached hydrogen (secondary N) is 2. The molecule has 1 aromatic carbocycles. The van der Waals surface area contributed by atoms with Crippen molar-refractivity contribution in [3.63, 3.8) is 0 Å². The van der Waals surface area contributed by atoms with Gasteiger partial charge in [0.2, 0.25) is 0 Å². The Hall–Kier alpha value is -1.63. The molecule has 2 heterocycles. The molecule has 0 unspecified atom stereocenters. The van der Waals surface area contributed by atoms with E-state index in [0.717, 1.165) is 12.1 Å². The average Bonchev–Trinajstić information content (AvgIpc) is 2.99. The van der Waals surface area contributed by atoms with Crippen molar-refractivity contribution < 1.29 is 13.9 Å². The van der Waals surface area contributed by atoms with E-state index in [-0.39, 0.29) is 29.8 Å². The molecule has 118 valence electrons. The number of methoxy groups -OCH3 is 1. The lowest BCUT2D eigenvalue weighted by Crippen LogP contribution is -2.25. The van der Waals surface area contributed by atoms with Crippen LogP contribution in [0.3, 0.4) is 0 Å². The Morgan fingerprint density at radius 1 is 1.41 bits per heavy atom. The van der Waals surface area contributed by atoms with Crippen molar-refractivity contribution >= 4 is 35.3 Å². The Balaban J connectivity index is 0.00000176. The van der Waals surface area contributed by atoms with Crippen LogP contribution in [0.1, 0.15) is 20.8 Å². The van der Waals surface area contributed by atoms with Crippen LogP contribution < -0.4 is 15.4 Å². The lowest BCUT2D eigenvalue weighted by atomic mass is 9.99. The van der Waals surface area contributed by atoms with Gasteiger partial charge in [-0.05, 0) is 41.6 Å². The van der Waals surface area contributed by atoms with Crippen LogP contribution in [0.15, 0.2) is 23.6 Å². The second-order valence-electron chi connectivity index (χ2n) is 4.76. The summed E-state index contributed by atoms with van der Waals surface area (Å²) in [5, 5.41) is 7.60. The lowest BCUT2D eigenvalue weighted by molar-refractivity contribution is 0.102. The van der Waals surface area contributed by atoms with Crippen molar-refractivity contribution in [3.05, 3.63) is 45.4 Å². The third-order valence-corrected chi connectivity index (χ3v) is 4.41. The van der Waals surface area contributed by atoms with Crippen LogP contribution in [0.5, 0.6) is 5.75 Å². The summed E-state index contributed by atoms with van der Waals surface area (Å²) in [5.41, 5.74) is 1.85. The number of benzene rings is 1. The molecule has 0 radical (unpaired) electrons. The Labute approximate surface area is 138 Å². The standard InChI is InChI=1S/C15H15FN2O2S.ClH/c1-20-12-5-7-21-14(12)15(19)18-11-3-2-9-8-17-6-4-10(9)13(11)16;/h2-3,5,7,17H,4,6,8H2,1H3,(H,18,19);1H. The topological polar surface area (TPSA) is 50.4 Å². The van der Waals surface area contributed by atoms with E-state index in [2.05, 4.69) is 10.6 Å². The van der Waals surface area contributed by atoms with Crippen molar-refractivity contribution in [3.8, 4) is 5.75 Å². The Morgan fingerprint density at radius 2 is 2.23 bits per heavy atom. The molecule has 0 aliphatic carbocycles. The molecule has 1 aliphatic heterocycles. The van der Waals surface area contributed by atoms with Crippen LogP contribution in [0.25, 0.3) is 0 Å². The van der Waals surface area contributed by atoms with Crippen LogP contribution in [-0.4, -0.2) is 19.6 Å². The normalized spacial score (nSPS) is 13.0. The van der Waals surface area contributed by atoms with Gasteiger partial charge >= 0.3 is 0 Å². The number of rotatable bonds is 3. The molecule has 0 saturated carbocycles. The molecule has 1 aliphatic rings. The van der Waals surface area contributed by atoms with Gasteiger partial charge in [-0.2, -0.15) is 0 Å². The maximum atomic E-state index is 14.5. The first-order chi connectivity index (χ1) is 10.2. The molecular formula is C15H16ClFN2O2S. The number of halogens is 2. The summed E-state index contributed by atoms with van der Waals surface area (Å²) in [6.45, 7) is 1.42. The summed E-state index contributed by atoms with van der Waals surface area (Å²) in [4.78, 5) is 12.7. The largest absolute Gasteiger partial charge is 0.495 e. The Bertz CT molecular complexity index is 690. The number of carbonyl (C=O) groups excluding carboxylic acids is 1. The zero-order valence-electron chi connectivity index (χ0n) is 11.9. The molecule has 22 heavy (non-hydrogen) atoms. The number of anilines is 1. The van der Waals surface area contributed by atoms with Crippen LogP contribution in [-0.2, 0) is 13.0 Å². The predicted octanol–water partition coefficient (Wildman–Crippen LogP) is 3.22. The second kappa shape index (κ2) is 7.09. The fourth-order valence-corrected chi connectivity index (χ4v) is 3.19. The maximum absolute atomic E-state index is 14.5. The van der Waals surface area contributed by atoms with Crippen LogP contribution >= 0.6 is 23.7 Å². The lowest BCUT2D eigenvalue weighted by Gasteiger charge is -2.19. The molecule has 0 fully saturated rings. The maximum Gasteiger partial charge on any atom is 0.269 e. The number of hydrogen-bond acceptors (Lipinski definition) is 4. The van der Waals surface area contributed by atoms with Gasteiger partial charge in [0.1, 0.15) is 16.4 Å². The van der Waals surface area contributed by atoms with Gasteiger partial charge in [-0.1, -0.05) is 6.07 Å². The fraction of sp³-hybridized carbons (Fsp3) is 0.267. The minimum atomic E-state index is -0.352. The van der Waals surface area contributed by atoms with Gasteiger partial charge < -0.3 is 15.4 Å². The number of thiophene rings is 1. The highest BCUT2D eigenvalue weighted by atomic mass is 35.5. The smallest absolute Gasteiger partial charge is 0.269 e. The number of carbonyl (C=O) groups is 1. The van der Waals surface area contributed by atoms with Gasteiger partial charge in [0, 0.05) is 6.54 Å². The SMILES string of the molecule is COc1ccsc1C(=O)Nc1ccc2c(c1F)CCNC2.Cl. The Kier molecular flexibility index (Phi) is 5.39. The summed E-state index contributed by atoms with van der Waals surface area (Å²) in [7, 11) is 1.51. The van der Waals surface area contributed by atoms with Crippen LogP contribution in [0, 0.1) is 5.82 Å². The van der Waals surface area contributed by atoms with Crippen molar-refractivity contribution in [2.75, 3.05) is 19.0 Å². The number of amides is 1.